The first-order chi connectivity index (χ1) is 13.6. The molecule has 4 rings (SSSR count). The SMILES string of the molecule is CN(C(=O)C1CC1c1cccc(Br)c1)C1CCN(CCc2ccccn2)CC1. The third-order valence-electron chi connectivity index (χ3n) is 6.25. The molecule has 2 heterocycles. The molecule has 28 heavy (non-hydrogen) atoms. The average Bonchev–Trinajstić information content (AvgIpc) is 3.53. The molecule has 1 aromatic heterocycles. The summed E-state index contributed by atoms with van der Waals surface area (Å²) in [5, 5.41) is 0. The fourth-order valence-electron chi connectivity index (χ4n) is 4.36. The summed E-state index contributed by atoms with van der Waals surface area (Å²) in [5.41, 5.74) is 2.44. The van der Waals surface area contributed by atoms with Crippen LogP contribution < -0.4 is 0 Å². The first kappa shape index (κ1) is 19.6. The Bertz CT molecular complexity index is 805. The Hall–Kier alpha value is -1.72. The lowest BCUT2D eigenvalue weighted by molar-refractivity contribution is -0.134. The summed E-state index contributed by atoms with van der Waals surface area (Å²) >= 11 is 3.54. The maximum atomic E-state index is 13.0. The van der Waals surface area contributed by atoms with E-state index in [-0.39, 0.29) is 5.92 Å². The summed E-state index contributed by atoms with van der Waals surface area (Å²) < 4.78 is 1.09. The summed E-state index contributed by atoms with van der Waals surface area (Å²) in [5.74, 6) is 0.893. The number of hydrogen-bond acceptors (Lipinski definition) is 3. The van der Waals surface area contributed by atoms with Gasteiger partial charge in [0.2, 0.25) is 5.91 Å². The van der Waals surface area contributed by atoms with Crippen molar-refractivity contribution in [1.29, 1.82) is 0 Å². The van der Waals surface area contributed by atoms with E-state index in [0.29, 0.717) is 17.9 Å². The van der Waals surface area contributed by atoms with Crippen LogP contribution in [-0.2, 0) is 11.2 Å². The first-order valence-electron chi connectivity index (χ1n) is 10.3. The molecule has 2 fully saturated rings. The quantitative estimate of drug-likeness (QED) is 0.676. The number of hydrogen-bond donors (Lipinski definition) is 0. The zero-order chi connectivity index (χ0) is 19.5. The summed E-state index contributed by atoms with van der Waals surface area (Å²) in [7, 11) is 2.01. The number of carbonyl (C=O) groups is 1. The molecule has 4 nitrogen and oxygen atoms in total. The van der Waals surface area contributed by atoms with E-state index in [2.05, 4.69) is 56.1 Å². The predicted molar refractivity (Wildman–Crippen MR) is 115 cm³/mol. The van der Waals surface area contributed by atoms with Crippen molar-refractivity contribution in [3.63, 3.8) is 0 Å². The van der Waals surface area contributed by atoms with Gasteiger partial charge in [-0.05, 0) is 55.0 Å². The molecule has 0 spiro atoms. The van der Waals surface area contributed by atoms with Crippen molar-refractivity contribution >= 4 is 21.8 Å². The molecule has 0 radical (unpaired) electrons. The maximum Gasteiger partial charge on any atom is 0.226 e. The Morgan fingerprint density at radius 2 is 2.04 bits per heavy atom. The molecular weight excluding hydrogens is 414 g/mol. The van der Waals surface area contributed by atoms with E-state index in [1.54, 1.807) is 0 Å². The van der Waals surface area contributed by atoms with Crippen molar-refractivity contribution in [2.24, 2.45) is 5.92 Å². The zero-order valence-electron chi connectivity index (χ0n) is 16.4. The van der Waals surface area contributed by atoms with E-state index in [9.17, 15) is 4.79 Å². The van der Waals surface area contributed by atoms with Crippen LogP contribution >= 0.6 is 15.9 Å². The van der Waals surface area contributed by atoms with Gasteiger partial charge in [0.25, 0.3) is 0 Å². The second-order valence-corrected chi connectivity index (χ2v) is 9.01. The normalized spacial score (nSPS) is 22.8. The monoisotopic (exact) mass is 441 g/mol. The van der Waals surface area contributed by atoms with Crippen molar-refractivity contribution in [3.05, 3.63) is 64.4 Å². The molecule has 0 bridgehead atoms. The standard InChI is InChI=1S/C23H28BrN3O/c1-26(23(28)22-16-21(22)17-5-4-6-18(24)15-17)20-9-13-27(14-10-20)12-8-19-7-2-3-11-25-19/h2-7,11,15,20-22H,8-10,12-14,16H2,1H3. The number of likely N-dealkylation sites (tertiary alicyclic amines) is 1. The molecule has 1 saturated heterocycles. The number of piperidine rings is 1. The molecule has 0 N–H and O–H groups in total. The number of benzene rings is 1. The molecule has 2 atom stereocenters. The van der Waals surface area contributed by atoms with Gasteiger partial charge in [-0.25, -0.2) is 0 Å². The van der Waals surface area contributed by atoms with E-state index < -0.39 is 0 Å². The van der Waals surface area contributed by atoms with Crippen molar-refractivity contribution < 1.29 is 4.79 Å². The van der Waals surface area contributed by atoms with E-state index in [0.717, 1.165) is 55.5 Å². The van der Waals surface area contributed by atoms with Crippen LogP contribution in [0.5, 0.6) is 0 Å². The van der Waals surface area contributed by atoms with Crippen LogP contribution in [0.25, 0.3) is 0 Å². The molecule has 5 heteroatoms. The van der Waals surface area contributed by atoms with Gasteiger partial charge in [-0.3, -0.25) is 9.78 Å². The first-order valence-corrected chi connectivity index (χ1v) is 11.1. The molecule has 148 valence electrons. The van der Waals surface area contributed by atoms with Gasteiger partial charge in [-0.15, -0.1) is 0 Å². The fraction of sp³-hybridized carbons (Fsp3) is 0.478. The second-order valence-electron chi connectivity index (χ2n) is 8.10. The molecule has 2 aliphatic rings. The lowest BCUT2D eigenvalue weighted by atomic mass is 10.0. The number of halogens is 1. The van der Waals surface area contributed by atoms with Gasteiger partial charge >= 0.3 is 0 Å². The Labute approximate surface area is 176 Å². The van der Waals surface area contributed by atoms with Crippen molar-refractivity contribution in [2.45, 2.75) is 37.6 Å². The van der Waals surface area contributed by atoms with Gasteiger partial charge in [0.1, 0.15) is 0 Å². The van der Waals surface area contributed by atoms with Crippen molar-refractivity contribution in [3.8, 4) is 0 Å². The Kier molecular flexibility index (Phi) is 6.12. The summed E-state index contributed by atoms with van der Waals surface area (Å²) in [4.78, 5) is 21.9. The summed E-state index contributed by atoms with van der Waals surface area (Å²) in [6.45, 7) is 3.18. The molecule has 1 amide bonds. The smallest absolute Gasteiger partial charge is 0.226 e. The molecular formula is C23H28BrN3O. The van der Waals surface area contributed by atoms with Gasteiger partial charge in [-0.1, -0.05) is 34.1 Å². The highest BCUT2D eigenvalue weighted by Gasteiger charge is 2.46. The predicted octanol–water partition coefficient (Wildman–Crippen LogP) is 4.11. The number of carbonyl (C=O) groups excluding carboxylic acids is 1. The van der Waals surface area contributed by atoms with Crippen molar-refractivity contribution in [1.82, 2.24) is 14.8 Å². The van der Waals surface area contributed by atoms with E-state index in [4.69, 9.17) is 0 Å². The van der Waals surface area contributed by atoms with Crippen LogP contribution in [-0.4, -0.2) is 53.4 Å². The number of aromatic nitrogens is 1. The van der Waals surface area contributed by atoms with Crippen LogP contribution in [0, 0.1) is 5.92 Å². The van der Waals surface area contributed by atoms with E-state index in [1.165, 1.54) is 5.56 Å². The number of amides is 1. The average molecular weight is 442 g/mol. The third kappa shape index (κ3) is 4.64. The minimum absolute atomic E-state index is 0.168. The zero-order valence-corrected chi connectivity index (χ0v) is 18.0. The molecule has 2 unspecified atom stereocenters. The Morgan fingerprint density at radius 3 is 2.75 bits per heavy atom. The highest BCUT2D eigenvalue weighted by Crippen LogP contribution is 2.49. The summed E-state index contributed by atoms with van der Waals surface area (Å²) in [6.07, 6.45) is 5.98. The molecule has 1 aliphatic carbocycles. The van der Waals surface area contributed by atoms with Crippen LogP contribution in [0.15, 0.2) is 53.1 Å². The number of nitrogens with zero attached hydrogens (tertiary/aromatic N) is 3. The van der Waals surface area contributed by atoms with Crippen LogP contribution in [0.4, 0.5) is 0 Å². The molecule has 2 aromatic rings. The minimum atomic E-state index is 0.168. The topological polar surface area (TPSA) is 36.4 Å². The summed E-state index contributed by atoms with van der Waals surface area (Å²) in [6, 6.07) is 14.9. The largest absolute Gasteiger partial charge is 0.342 e. The van der Waals surface area contributed by atoms with Crippen molar-refractivity contribution in [2.75, 3.05) is 26.7 Å². The highest BCUT2D eigenvalue weighted by molar-refractivity contribution is 9.10. The second kappa shape index (κ2) is 8.75. The fourth-order valence-corrected chi connectivity index (χ4v) is 4.78. The number of rotatable bonds is 6. The van der Waals surface area contributed by atoms with Gasteiger partial charge in [0.15, 0.2) is 0 Å². The van der Waals surface area contributed by atoms with Gasteiger partial charge < -0.3 is 9.80 Å². The lowest BCUT2D eigenvalue weighted by Crippen LogP contribution is -2.46. The highest BCUT2D eigenvalue weighted by atomic mass is 79.9. The van der Waals surface area contributed by atoms with Crippen LogP contribution in [0.3, 0.4) is 0 Å². The van der Waals surface area contributed by atoms with E-state index >= 15 is 0 Å². The van der Waals surface area contributed by atoms with Gasteiger partial charge in [0.05, 0.1) is 0 Å². The lowest BCUT2D eigenvalue weighted by Gasteiger charge is -2.37. The Balaban J connectivity index is 1.24. The molecule has 1 saturated carbocycles. The third-order valence-corrected chi connectivity index (χ3v) is 6.74. The van der Waals surface area contributed by atoms with Crippen LogP contribution in [0.2, 0.25) is 0 Å². The maximum absolute atomic E-state index is 13.0. The minimum Gasteiger partial charge on any atom is -0.342 e. The van der Waals surface area contributed by atoms with Crippen LogP contribution in [0.1, 0.15) is 36.4 Å². The number of pyridine rings is 1. The van der Waals surface area contributed by atoms with E-state index in [1.807, 2.05) is 30.3 Å². The molecule has 1 aliphatic heterocycles. The van der Waals surface area contributed by atoms with Gasteiger partial charge in [0, 0.05) is 61.4 Å². The Morgan fingerprint density at radius 1 is 1.21 bits per heavy atom. The van der Waals surface area contributed by atoms with Gasteiger partial charge in [-0.2, -0.15) is 0 Å². The molecule has 1 aromatic carbocycles.